The van der Waals surface area contributed by atoms with Crippen LogP contribution < -0.4 is 0 Å². The SMILES string of the molecule is CCCOCCCn1c(CCl)nc2ccc(F)c(F)c21. The summed E-state index contributed by atoms with van der Waals surface area (Å²) in [5.41, 5.74) is 0.602. The lowest BCUT2D eigenvalue weighted by atomic mass is 10.3. The molecule has 0 saturated carbocycles. The molecule has 110 valence electrons. The van der Waals surface area contributed by atoms with Gasteiger partial charge < -0.3 is 9.30 Å². The van der Waals surface area contributed by atoms with Crippen LogP contribution in [0.5, 0.6) is 0 Å². The second kappa shape index (κ2) is 6.99. The van der Waals surface area contributed by atoms with Crippen molar-refractivity contribution in [1.29, 1.82) is 0 Å². The molecular weight excluding hydrogens is 286 g/mol. The average Bonchev–Trinajstić information content (AvgIpc) is 2.81. The van der Waals surface area contributed by atoms with E-state index in [4.69, 9.17) is 16.3 Å². The highest BCUT2D eigenvalue weighted by molar-refractivity contribution is 6.16. The van der Waals surface area contributed by atoms with Crippen LogP contribution >= 0.6 is 11.6 Å². The first kappa shape index (κ1) is 15.2. The van der Waals surface area contributed by atoms with Gasteiger partial charge in [0, 0.05) is 19.8 Å². The molecule has 3 nitrogen and oxygen atoms in total. The van der Waals surface area contributed by atoms with E-state index in [2.05, 4.69) is 4.98 Å². The van der Waals surface area contributed by atoms with Crippen LogP contribution in [0.4, 0.5) is 8.78 Å². The van der Waals surface area contributed by atoms with Crippen molar-refractivity contribution in [2.75, 3.05) is 13.2 Å². The molecule has 0 amide bonds. The number of rotatable bonds is 7. The van der Waals surface area contributed by atoms with Gasteiger partial charge in [-0.3, -0.25) is 0 Å². The molecule has 1 aromatic carbocycles. The minimum atomic E-state index is -0.874. The van der Waals surface area contributed by atoms with Crippen molar-refractivity contribution in [3.63, 3.8) is 0 Å². The molecule has 0 radical (unpaired) electrons. The van der Waals surface area contributed by atoms with Gasteiger partial charge in [0.15, 0.2) is 11.6 Å². The number of hydrogen-bond donors (Lipinski definition) is 0. The van der Waals surface area contributed by atoms with Crippen LogP contribution in [-0.4, -0.2) is 22.8 Å². The summed E-state index contributed by atoms with van der Waals surface area (Å²) < 4.78 is 34.3. The fraction of sp³-hybridized carbons (Fsp3) is 0.500. The molecule has 2 aromatic rings. The first-order chi connectivity index (χ1) is 9.69. The Morgan fingerprint density at radius 3 is 2.80 bits per heavy atom. The number of nitrogens with zero attached hydrogens (tertiary/aromatic N) is 2. The quantitative estimate of drug-likeness (QED) is 0.573. The fourth-order valence-electron chi connectivity index (χ4n) is 2.12. The van der Waals surface area contributed by atoms with Gasteiger partial charge in [-0.25, -0.2) is 13.8 Å². The molecule has 0 aliphatic rings. The van der Waals surface area contributed by atoms with Gasteiger partial charge in [-0.1, -0.05) is 6.92 Å². The molecule has 6 heteroatoms. The minimum absolute atomic E-state index is 0.158. The molecule has 0 atom stereocenters. The van der Waals surface area contributed by atoms with E-state index >= 15 is 0 Å². The number of fused-ring (bicyclic) bond motifs is 1. The number of hydrogen-bond acceptors (Lipinski definition) is 2. The molecule has 0 bridgehead atoms. The van der Waals surface area contributed by atoms with Crippen LogP contribution in [0, 0.1) is 11.6 Å². The maximum Gasteiger partial charge on any atom is 0.184 e. The largest absolute Gasteiger partial charge is 0.381 e. The molecule has 2 rings (SSSR count). The topological polar surface area (TPSA) is 27.1 Å². The van der Waals surface area contributed by atoms with E-state index in [1.54, 1.807) is 4.57 Å². The standard InChI is InChI=1S/C14H17ClF2N2O/c1-2-7-20-8-3-6-19-12(9-15)18-11-5-4-10(16)13(17)14(11)19/h4-5H,2-3,6-9H2,1H3. The molecule has 1 aromatic heterocycles. The number of ether oxygens (including phenoxy) is 1. The van der Waals surface area contributed by atoms with Crippen LogP contribution in [0.1, 0.15) is 25.6 Å². The van der Waals surface area contributed by atoms with Crippen LogP contribution in [0.15, 0.2) is 12.1 Å². The number of benzene rings is 1. The van der Waals surface area contributed by atoms with E-state index in [-0.39, 0.29) is 11.4 Å². The molecule has 0 spiro atoms. The lowest BCUT2D eigenvalue weighted by molar-refractivity contribution is 0.129. The van der Waals surface area contributed by atoms with Crippen molar-refractivity contribution in [3.8, 4) is 0 Å². The third-order valence-corrected chi connectivity index (χ3v) is 3.26. The number of aromatic nitrogens is 2. The van der Waals surface area contributed by atoms with Crippen molar-refractivity contribution < 1.29 is 13.5 Å². The lowest BCUT2D eigenvalue weighted by Crippen LogP contribution is -2.07. The van der Waals surface area contributed by atoms with Crippen LogP contribution in [0.3, 0.4) is 0 Å². The fourth-order valence-corrected chi connectivity index (χ4v) is 2.32. The number of aryl methyl sites for hydroxylation is 1. The molecule has 20 heavy (non-hydrogen) atoms. The van der Waals surface area contributed by atoms with E-state index < -0.39 is 11.6 Å². The summed E-state index contributed by atoms with van der Waals surface area (Å²) in [6.45, 7) is 3.82. The highest BCUT2D eigenvalue weighted by atomic mass is 35.5. The predicted octanol–water partition coefficient (Wildman–Crippen LogP) is 3.87. The zero-order chi connectivity index (χ0) is 14.5. The van der Waals surface area contributed by atoms with E-state index in [9.17, 15) is 8.78 Å². The van der Waals surface area contributed by atoms with Crippen molar-refractivity contribution in [2.24, 2.45) is 0 Å². The third kappa shape index (κ3) is 3.10. The maximum atomic E-state index is 13.9. The number of halogens is 3. The van der Waals surface area contributed by atoms with Crippen molar-refractivity contribution in [3.05, 3.63) is 29.6 Å². The lowest BCUT2D eigenvalue weighted by Gasteiger charge is -2.08. The summed E-state index contributed by atoms with van der Waals surface area (Å²) in [7, 11) is 0. The first-order valence-corrected chi connectivity index (χ1v) is 7.19. The van der Waals surface area contributed by atoms with Crippen LogP contribution in [0.25, 0.3) is 11.0 Å². The summed E-state index contributed by atoms with van der Waals surface area (Å²) in [5, 5.41) is 0. The van der Waals surface area contributed by atoms with E-state index in [1.807, 2.05) is 6.92 Å². The van der Waals surface area contributed by atoms with Gasteiger partial charge in [0.1, 0.15) is 11.3 Å². The summed E-state index contributed by atoms with van der Waals surface area (Å²) in [5.74, 6) is -1.05. The van der Waals surface area contributed by atoms with Gasteiger partial charge in [-0.15, -0.1) is 11.6 Å². The van der Waals surface area contributed by atoms with Gasteiger partial charge in [0.05, 0.1) is 11.4 Å². The molecule has 1 heterocycles. The van der Waals surface area contributed by atoms with Crippen molar-refractivity contribution >= 4 is 22.6 Å². The third-order valence-electron chi connectivity index (χ3n) is 3.02. The highest BCUT2D eigenvalue weighted by Crippen LogP contribution is 2.23. The van der Waals surface area contributed by atoms with E-state index in [0.29, 0.717) is 37.5 Å². The maximum absolute atomic E-state index is 13.9. The Kier molecular flexibility index (Phi) is 5.31. The first-order valence-electron chi connectivity index (χ1n) is 6.65. The molecule has 0 N–H and O–H groups in total. The van der Waals surface area contributed by atoms with Crippen LogP contribution in [-0.2, 0) is 17.2 Å². The second-order valence-electron chi connectivity index (χ2n) is 4.51. The number of imidazole rings is 1. The summed E-state index contributed by atoms with van der Waals surface area (Å²) in [6, 6.07) is 2.55. The molecule has 0 unspecified atom stereocenters. The van der Waals surface area contributed by atoms with E-state index in [0.717, 1.165) is 12.5 Å². The zero-order valence-corrected chi connectivity index (χ0v) is 12.1. The predicted molar refractivity (Wildman–Crippen MR) is 74.9 cm³/mol. The Balaban J connectivity index is 2.23. The Morgan fingerprint density at radius 2 is 2.10 bits per heavy atom. The van der Waals surface area contributed by atoms with Gasteiger partial charge >= 0.3 is 0 Å². The Morgan fingerprint density at radius 1 is 1.30 bits per heavy atom. The minimum Gasteiger partial charge on any atom is -0.381 e. The zero-order valence-electron chi connectivity index (χ0n) is 11.3. The molecule has 0 fully saturated rings. The monoisotopic (exact) mass is 302 g/mol. The van der Waals surface area contributed by atoms with Gasteiger partial charge in [0.25, 0.3) is 0 Å². The molecule has 0 saturated heterocycles. The Hall–Kier alpha value is -1.20. The Bertz CT molecular complexity index is 586. The molecule has 0 aliphatic heterocycles. The van der Waals surface area contributed by atoms with Gasteiger partial charge in [0.2, 0.25) is 0 Å². The van der Waals surface area contributed by atoms with Gasteiger partial charge in [-0.05, 0) is 25.0 Å². The molecule has 0 aliphatic carbocycles. The summed E-state index contributed by atoms with van der Waals surface area (Å²) in [6.07, 6.45) is 1.66. The highest BCUT2D eigenvalue weighted by Gasteiger charge is 2.16. The summed E-state index contributed by atoms with van der Waals surface area (Å²) in [4.78, 5) is 4.23. The average molecular weight is 303 g/mol. The Labute approximate surface area is 121 Å². The van der Waals surface area contributed by atoms with Gasteiger partial charge in [-0.2, -0.15) is 0 Å². The van der Waals surface area contributed by atoms with Crippen molar-refractivity contribution in [1.82, 2.24) is 9.55 Å². The van der Waals surface area contributed by atoms with Crippen LogP contribution in [0.2, 0.25) is 0 Å². The summed E-state index contributed by atoms with van der Waals surface area (Å²) >= 11 is 5.83. The van der Waals surface area contributed by atoms with Crippen molar-refractivity contribution in [2.45, 2.75) is 32.2 Å². The number of alkyl halides is 1. The van der Waals surface area contributed by atoms with E-state index in [1.165, 1.54) is 6.07 Å². The normalized spacial score (nSPS) is 11.4. The molecular formula is C14H17ClF2N2O. The smallest absolute Gasteiger partial charge is 0.184 e. The second-order valence-corrected chi connectivity index (χ2v) is 4.78.